The summed E-state index contributed by atoms with van der Waals surface area (Å²) in [6, 6.07) is 8.21. The summed E-state index contributed by atoms with van der Waals surface area (Å²) < 4.78 is 27.9. The first-order valence-corrected chi connectivity index (χ1v) is 6.69. The van der Waals surface area contributed by atoms with Crippen LogP contribution in [0, 0.1) is 0 Å². The summed E-state index contributed by atoms with van der Waals surface area (Å²) in [6.07, 6.45) is 2.01. The maximum absolute atomic E-state index is 14.0. The van der Waals surface area contributed by atoms with Gasteiger partial charge in [0.2, 0.25) is 0 Å². The zero-order chi connectivity index (χ0) is 15.1. The smallest absolute Gasteiger partial charge is 0.352 e. The van der Waals surface area contributed by atoms with Gasteiger partial charge >= 0.3 is 5.92 Å². The molecule has 1 aliphatic rings. The summed E-state index contributed by atoms with van der Waals surface area (Å²) in [6.45, 7) is 0. The van der Waals surface area contributed by atoms with Crippen molar-refractivity contribution in [3.05, 3.63) is 36.5 Å². The van der Waals surface area contributed by atoms with Gasteiger partial charge in [-0.1, -0.05) is 6.07 Å². The predicted octanol–water partition coefficient (Wildman–Crippen LogP) is 2.72. The van der Waals surface area contributed by atoms with Crippen LogP contribution in [-0.2, 0) is 4.79 Å². The second-order valence-electron chi connectivity index (χ2n) is 5.32. The van der Waals surface area contributed by atoms with Gasteiger partial charge in [-0.15, -0.1) is 0 Å². The van der Waals surface area contributed by atoms with Crippen LogP contribution in [0.15, 0.2) is 36.5 Å². The van der Waals surface area contributed by atoms with Crippen LogP contribution in [0.5, 0.6) is 0 Å². The fourth-order valence-electron chi connectivity index (χ4n) is 2.40. The molecule has 0 aliphatic heterocycles. The number of aromatic nitrogens is 1. The van der Waals surface area contributed by atoms with Crippen molar-refractivity contribution in [1.29, 1.82) is 0 Å². The molecule has 21 heavy (non-hydrogen) atoms. The monoisotopic (exact) mass is 292 g/mol. The highest BCUT2D eigenvalue weighted by molar-refractivity contribution is 5.98. The van der Waals surface area contributed by atoms with Gasteiger partial charge in [0.1, 0.15) is 5.60 Å². The number of carbonyl (C=O) groups excluding carboxylic acids is 1. The van der Waals surface area contributed by atoms with Crippen molar-refractivity contribution in [2.24, 2.45) is 0 Å². The largest absolute Gasteiger partial charge is 0.383 e. The molecule has 0 radical (unpaired) electrons. The van der Waals surface area contributed by atoms with Crippen LogP contribution in [0.4, 0.5) is 14.5 Å². The van der Waals surface area contributed by atoms with Gasteiger partial charge < -0.3 is 10.4 Å². The average Bonchev–Trinajstić information content (AvgIpc) is 2.44. The second-order valence-corrected chi connectivity index (χ2v) is 5.32. The van der Waals surface area contributed by atoms with Gasteiger partial charge in [0, 0.05) is 17.3 Å². The van der Waals surface area contributed by atoms with E-state index >= 15 is 0 Å². The highest BCUT2D eigenvalue weighted by atomic mass is 19.3. The number of amides is 1. The molecule has 0 atom stereocenters. The number of hydrogen-bond acceptors (Lipinski definition) is 3. The molecular weight excluding hydrogens is 278 g/mol. The predicted molar refractivity (Wildman–Crippen MR) is 74.1 cm³/mol. The Labute approximate surface area is 119 Å². The van der Waals surface area contributed by atoms with Gasteiger partial charge in [-0.3, -0.25) is 9.78 Å². The third kappa shape index (κ3) is 2.25. The molecule has 0 unspecified atom stereocenters. The van der Waals surface area contributed by atoms with Crippen LogP contribution in [0.3, 0.4) is 0 Å². The number of rotatable bonds is 3. The third-order valence-corrected chi connectivity index (χ3v) is 3.91. The maximum Gasteiger partial charge on any atom is 0.352 e. The lowest BCUT2D eigenvalue weighted by atomic mass is 9.75. The Hall–Kier alpha value is -2.08. The highest BCUT2D eigenvalue weighted by Gasteiger charge is 2.61. The number of alkyl halides is 2. The first-order valence-electron chi connectivity index (χ1n) is 6.69. The molecule has 0 saturated heterocycles. The van der Waals surface area contributed by atoms with Gasteiger partial charge in [-0.25, -0.2) is 0 Å². The van der Waals surface area contributed by atoms with Crippen molar-refractivity contribution in [3.63, 3.8) is 0 Å². The molecule has 1 saturated carbocycles. The van der Waals surface area contributed by atoms with Crippen LogP contribution < -0.4 is 5.32 Å². The van der Waals surface area contributed by atoms with E-state index in [2.05, 4.69) is 10.3 Å². The minimum absolute atomic E-state index is 0.0605. The molecular formula is C15H14F2N2O2. The van der Waals surface area contributed by atoms with Crippen LogP contribution in [0.1, 0.15) is 19.3 Å². The lowest BCUT2D eigenvalue weighted by Crippen LogP contribution is -2.59. The molecule has 2 aromatic rings. The minimum atomic E-state index is -3.80. The summed E-state index contributed by atoms with van der Waals surface area (Å²) in [5.74, 6) is -5.28. The van der Waals surface area contributed by atoms with Gasteiger partial charge in [0.15, 0.2) is 0 Å². The normalized spacial score (nSPS) is 17.3. The molecule has 1 aromatic heterocycles. The van der Waals surface area contributed by atoms with E-state index in [1.54, 1.807) is 30.5 Å². The molecule has 6 heteroatoms. The van der Waals surface area contributed by atoms with Gasteiger partial charge in [-0.2, -0.15) is 8.78 Å². The molecule has 0 spiro atoms. The zero-order valence-corrected chi connectivity index (χ0v) is 11.1. The highest BCUT2D eigenvalue weighted by Crippen LogP contribution is 2.44. The molecule has 1 fully saturated rings. The molecule has 1 amide bonds. The lowest BCUT2D eigenvalue weighted by molar-refractivity contribution is -0.212. The van der Waals surface area contributed by atoms with Crippen molar-refractivity contribution in [1.82, 2.24) is 4.98 Å². The lowest BCUT2D eigenvalue weighted by Gasteiger charge is -2.41. The van der Waals surface area contributed by atoms with Crippen LogP contribution in [0.2, 0.25) is 0 Å². The van der Waals surface area contributed by atoms with Crippen molar-refractivity contribution in [3.8, 4) is 0 Å². The van der Waals surface area contributed by atoms with E-state index in [4.69, 9.17) is 0 Å². The SMILES string of the molecule is O=C(Nc1ccc2ncccc2c1)C(F)(F)C1(O)CCC1. The Morgan fingerprint density at radius 1 is 1.33 bits per heavy atom. The number of fused-ring (bicyclic) bond motifs is 1. The molecule has 110 valence electrons. The molecule has 3 rings (SSSR count). The van der Waals surface area contributed by atoms with E-state index in [-0.39, 0.29) is 18.5 Å². The number of benzene rings is 1. The van der Waals surface area contributed by atoms with Crippen molar-refractivity contribution >= 4 is 22.5 Å². The summed E-state index contributed by atoms with van der Waals surface area (Å²) >= 11 is 0. The summed E-state index contributed by atoms with van der Waals surface area (Å²) in [5.41, 5.74) is -1.25. The zero-order valence-electron chi connectivity index (χ0n) is 11.1. The number of nitrogens with zero attached hydrogens (tertiary/aromatic N) is 1. The summed E-state index contributed by atoms with van der Waals surface area (Å²) in [5, 5.41) is 12.6. The molecule has 0 bridgehead atoms. The second kappa shape index (κ2) is 4.73. The van der Waals surface area contributed by atoms with Gasteiger partial charge in [0.25, 0.3) is 5.91 Å². The number of carbonyl (C=O) groups is 1. The summed E-state index contributed by atoms with van der Waals surface area (Å²) in [7, 11) is 0. The minimum Gasteiger partial charge on any atom is -0.383 e. The Morgan fingerprint density at radius 2 is 2.10 bits per heavy atom. The van der Waals surface area contributed by atoms with E-state index in [0.717, 1.165) is 5.39 Å². The van der Waals surface area contributed by atoms with E-state index in [0.29, 0.717) is 11.9 Å². The number of halogens is 2. The fraction of sp³-hybridized carbons (Fsp3) is 0.333. The summed E-state index contributed by atoms with van der Waals surface area (Å²) in [4.78, 5) is 15.9. The Balaban J connectivity index is 1.82. The average molecular weight is 292 g/mol. The quantitative estimate of drug-likeness (QED) is 0.914. The fourth-order valence-corrected chi connectivity index (χ4v) is 2.40. The van der Waals surface area contributed by atoms with E-state index < -0.39 is 17.4 Å². The maximum atomic E-state index is 14.0. The first-order chi connectivity index (χ1) is 9.92. The molecule has 2 N–H and O–H groups in total. The van der Waals surface area contributed by atoms with Gasteiger partial charge in [-0.05, 0) is 43.5 Å². The first kappa shape index (κ1) is 13.9. The Morgan fingerprint density at radius 3 is 2.76 bits per heavy atom. The number of anilines is 1. The molecule has 4 nitrogen and oxygen atoms in total. The molecule has 1 aliphatic carbocycles. The topological polar surface area (TPSA) is 62.2 Å². The van der Waals surface area contributed by atoms with Crippen LogP contribution in [-0.4, -0.2) is 27.5 Å². The molecule has 1 heterocycles. The van der Waals surface area contributed by atoms with Crippen molar-refractivity contribution < 1.29 is 18.7 Å². The van der Waals surface area contributed by atoms with Crippen LogP contribution >= 0.6 is 0 Å². The third-order valence-electron chi connectivity index (χ3n) is 3.91. The van der Waals surface area contributed by atoms with Crippen molar-refractivity contribution in [2.75, 3.05) is 5.32 Å². The number of aliphatic hydroxyl groups is 1. The van der Waals surface area contributed by atoms with E-state index in [1.165, 1.54) is 6.07 Å². The number of pyridine rings is 1. The number of hydrogen-bond donors (Lipinski definition) is 2. The Bertz CT molecular complexity index is 699. The standard InChI is InChI=1S/C15H14F2N2O2/c16-15(17,14(21)6-2-7-14)13(20)19-11-4-5-12-10(9-11)3-1-8-18-12/h1,3-5,8-9,21H,2,6-7H2,(H,19,20). The van der Waals surface area contributed by atoms with Gasteiger partial charge in [0.05, 0.1) is 5.52 Å². The van der Waals surface area contributed by atoms with Crippen molar-refractivity contribution in [2.45, 2.75) is 30.8 Å². The Kier molecular flexibility index (Phi) is 3.13. The molecule has 1 aromatic carbocycles. The number of nitrogens with one attached hydrogen (secondary N) is 1. The van der Waals surface area contributed by atoms with E-state index in [1.807, 2.05) is 0 Å². The van der Waals surface area contributed by atoms with Crippen LogP contribution in [0.25, 0.3) is 10.9 Å². The van der Waals surface area contributed by atoms with E-state index in [9.17, 15) is 18.7 Å².